The first-order chi connectivity index (χ1) is 6.17. The van der Waals surface area contributed by atoms with E-state index in [1.165, 1.54) is 0 Å². The van der Waals surface area contributed by atoms with Crippen molar-refractivity contribution in [3.05, 3.63) is 0 Å². The minimum Gasteiger partial charge on any atom is -0.385 e. The third-order valence-corrected chi connectivity index (χ3v) is 2.63. The van der Waals surface area contributed by atoms with Gasteiger partial charge in [-0.25, -0.2) is 0 Å². The van der Waals surface area contributed by atoms with Gasteiger partial charge in [0, 0.05) is 25.6 Å². The Balaban J connectivity index is 3.92. The highest BCUT2D eigenvalue weighted by Gasteiger charge is 2.20. The summed E-state index contributed by atoms with van der Waals surface area (Å²) in [6, 6.07) is 0. The Morgan fingerprint density at radius 1 is 1.31 bits per heavy atom. The molecular formula is C11H22O2. The summed E-state index contributed by atoms with van der Waals surface area (Å²) in [5.41, 5.74) is 0. The van der Waals surface area contributed by atoms with E-state index in [1.807, 2.05) is 6.92 Å². The lowest BCUT2D eigenvalue weighted by atomic mass is 9.88. The topological polar surface area (TPSA) is 26.3 Å². The van der Waals surface area contributed by atoms with Gasteiger partial charge in [-0.05, 0) is 19.3 Å². The number of hydrogen-bond donors (Lipinski definition) is 0. The van der Waals surface area contributed by atoms with Gasteiger partial charge in [0.1, 0.15) is 5.78 Å². The number of rotatable bonds is 7. The number of Topliss-reactive ketones (excluding diaryl/α,β-unsaturated/α-hetero) is 1. The minimum absolute atomic E-state index is 0.157. The standard InChI is InChI=1S/C11H22O2/c1-5-10(6-2)11(12)9(3)7-8-13-4/h9-10H,5-8H2,1-4H3. The summed E-state index contributed by atoms with van der Waals surface area (Å²) >= 11 is 0. The highest BCUT2D eigenvalue weighted by Crippen LogP contribution is 2.16. The van der Waals surface area contributed by atoms with E-state index in [1.54, 1.807) is 7.11 Å². The second kappa shape index (κ2) is 7.07. The second-order valence-corrected chi connectivity index (χ2v) is 3.60. The van der Waals surface area contributed by atoms with E-state index in [-0.39, 0.29) is 11.8 Å². The first-order valence-corrected chi connectivity index (χ1v) is 5.19. The average molecular weight is 186 g/mol. The molecule has 0 aromatic rings. The van der Waals surface area contributed by atoms with E-state index in [0.717, 1.165) is 19.3 Å². The van der Waals surface area contributed by atoms with Crippen molar-refractivity contribution >= 4 is 5.78 Å². The van der Waals surface area contributed by atoms with Gasteiger partial charge >= 0.3 is 0 Å². The van der Waals surface area contributed by atoms with Gasteiger partial charge in [-0.15, -0.1) is 0 Å². The summed E-state index contributed by atoms with van der Waals surface area (Å²) in [4.78, 5) is 11.8. The third kappa shape index (κ3) is 4.41. The van der Waals surface area contributed by atoms with Crippen LogP contribution in [0.2, 0.25) is 0 Å². The molecule has 0 rings (SSSR count). The summed E-state index contributed by atoms with van der Waals surface area (Å²) < 4.78 is 4.96. The summed E-state index contributed by atoms with van der Waals surface area (Å²) in [5, 5.41) is 0. The second-order valence-electron chi connectivity index (χ2n) is 3.60. The van der Waals surface area contributed by atoms with Crippen LogP contribution in [0, 0.1) is 11.8 Å². The molecule has 0 aromatic heterocycles. The Hall–Kier alpha value is -0.370. The maximum atomic E-state index is 11.8. The molecule has 1 atom stereocenters. The summed E-state index contributed by atoms with van der Waals surface area (Å²) in [7, 11) is 1.67. The van der Waals surface area contributed by atoms with Crippen LogP contribution >= 0.6 is 0 Å². The van der Waals surface area contributed by atoms with E-state index in [2.05, 4.69) is 13.8 Å². The van der Waals surface area contributed by atoms with E-state index in [4.69, 9.17) is 4.74 Å². The molecule has 0 heterocycles. The van der Waals surface area contributed by atoms with Crippen LogP contribution in [-0.4, -0.2) is 19.5 Å². The maximum Gasteiger partial charge on any atom is 0.138 e. The zero-order valence-corrected chi connectivity index (χ0v) is 9.30. The zero-order valence-electron chi connectivity index (χ0n) is 9.30. The van der Waals surface area contributed by atoms with Gasteiger partial charge in [-0.3, -0.25) is 4.79 Å². The molecule has 13 heavy (non-hydrogen) atoms. The number of ketones is 1. The van der Waals surface area contributed by atoms with Crippen molar-refractivity contribution in [1.82, 2.24) is 0 Å². The number of carbonyl (C=O) groups is 1. The lowest BCUT2D eigenvalue weighted by Gasteiger charge is -2.16. The molecule has 78 valence electrons. The monoisotopic (exact) mass is 186 g/mol. The van der Waals surface area contributed by atoms with Crippen LogP contribution in [0.1, 0.15) is 40.0 Å². The van der Waals surface area contributed by atoms with Gasteiger partial charge < -0.3 is 4.74 Å². The summed E-state index contributed by atoms with van der Waals surface area (Å²) in [6.45, 7) is 6.84. The van der Waals surface area contributed by atoms with Gasteiger partial charge in [0.25, 0.3) is 0 Å². The molecule has 0 fully saturated rings. The predicted octanol–water partition coefficient (Wildman–Crippen LogP) is 2.66. The van der Waals surface area contributed by atoms with Crippen LogP contribution < -0.4 is 0 Å². The first kappa shape index (κ1) is 12.6. The number of carbonyl (C=O) groups excluding carboxylic acids is 1. The Morgan fingerprint density at radius 2 is 1.85 bits per heavy atom. The van der Waals surface area contributed by atoms with Gasteiger partial charge in [0.15, 0.2) is 0 Å². The van der Waals surface area contributed by atoms with Gasteiger partial charge in [0.05, 0.1) is 0 Å². The molecule has 0 saturated carbocycles. The van der Waals surface area contributed by atoms with Crippen LogP contribution in [0.15, 0.2) is 0 Å². The number of ether oxygens (including phenoxy) is 1. The van der Waals surface area contributed by atoms with E-state index < -0.39 is 0 Å². The summed E-state index contributed by atoms with van der Waals surface area (Å²) in [5.74, 6) is 0.818. The Bertz CT molecular complexity index is 139. The number of hydrogen-bond acceptors (Lipinski definition) is 2. The summed E-state index contributed by atoms with van der Waals surface area (Å²) in [6.07, 6.45) is 2.78. The molecule has 0 saturated heterocycles. The molecule has 0 aromatic carbocycles. The normalized spacial score (nSPS) is 13.3. The zero-order chi connectivity index (χ0) is 10.3. The first-order valence-electron chi connectivity index (χ1n) is 5.19. The molecule has 0 radical (unpaired) electrons. The minimum atomic E-state index is 0.157. The quantitative estimate of drug-likeness (QED) is 0.611. The van der Waals surface area contributed by atoms with Crippen molar-refractivity contribution in [3.8, 4) is 0 Å². The Morgan fingerprint density at radius 3 is 2.23 bits per heavy atom. The Labute approximate surface area is 81.7 Å². The maximum absolute atomic E-state index is 11.8. The molecule has 0 bridgehead atoms. The third-order valence-electron chi connectivity index (χ3n) is 2.63. The molecule has 2 heteroatoms. The molecule has 0 N–H and O–H groups in total. The van der Waals surface area contributed by atoms with Crippen molar-refractivity contribution in [3.63, 3.8) is 0 Å². The van der Waals surface area contributed by atoms with Crippen LogP contribution in [0.25, 0.3) is 0 Å². The molecule has 0 amide bonds. The highest BCUT2D eigenvalue weighted by atomic mass is 16.5. The van der Waals surface area contributed by atoms with Crippen LogP contribution in [0.3, 0.4) is 0 Å². The van der Waals surface area contributed by atoms with E-state index in [0.29, 0.717) is 12.4 Å². The fourth-order valence-electron chi connectivity index (χ4n) is 1.53. The lowest BCUT2D eigenvalue weighted by Crippen LogP contribution is -2.21. The van der Waals surface area contributed by atoms with E-state index in [9.17, 15) is 4.79 Å². The van der Waals surface area contributed by atoms with Crippen LogP contribution in [-0.2, 0) is 9.53 Å². The highest BCUT2D eigenvalue weighted by molar-refractivity contribution is 5.82. The molecule has 0 aliphatic rings. The van der Waals surface area contributed by atoms with Crippen molar-refractivity contribution in [1.29, 1.82) is 0 Å². The SMILES string of the molecule is CCC(CC)C(=O)C(C)CCOC. The van der Waals surface area contributed by atoms with Gasteiger partial charge in [0.2, 0.25) is 0 Å². The molecular weight excluding hydrogens is 164 g/mol. The van der Waals surface area contributed by atoms with Crippen LogP contribution in [0.5, 0.6) is 0 Å². The van der Waals surface area contributed by atoms with Crippen molar-refractivity contribution in [2.24, 2.45) is 11.8 Å². The van der Waals surface area contributed by atoms with Crippen molar-refractivity contribution in [2.75, 3.05) is 13.7 Å². The fourth-order valence-corrected chi connectivity index (χ4v) is 1.53. The van der Waals surface area contributed by atoms with Gasteiger partial charge in [-0.1, -0.05) is 20.8 Å². The van der Waals surface area contributed by atoms with Crippen LogP contribution in [0.4, 0.5) is 0 Å². The van der Waals surface area contributed by atoms with E-state index >= 15 is 0 Å². The average Bonchev–Trinajstić information content (AvgIpc) is 2.15. The molecule has 2 nitrogen and oxygen atoms in total. The van der Waals surface area contributed by atoms with Gasteiger partial charge in [-0.2, -0.15) is 0 Å². The fraction of sp³-hybridized carbons (Fsp3) is 0.909. The molecule has 0 aliphatic carbocycles. The van der Waals surface area contributed by atoms with Crippen molar-refractivity contribution < 1.29 is 9.53 Å². The Kier molecular flexibility index (Phi) is 6.87. The smallest absolute Gasteiger partial charge is 0.138 e. The lowest BCUT2D eigenvalue weighted by molar-refractivity contribution is -0.127. The molecule has 0 aliphatic heterocycles. The number of methoxy groups -OCH3 is 1. The predicted molar refractivity (Wildman–Crippen MR) is 54.7 cm³/mol. The van der Waals surface area contributed by atoms with Crippen molar-refractivity contribution in [2.45, 2.75) is 40.0 Å². The largest absolute Gasteiger partial charge is 0.385 e. The molecule has 0 spiro atoms. The molecule has 1 unspecified atom stereocenters.